The van der Waals surface area contributed by atoms with Crippen LogP contribution in [0.5, 0.6) is 11.5 Å². The molecule has 5 nitrogen and oxygen atoms in total. The van der Waals surface area contributed by atoms with Gasteiger partial charge in [-0.15, -0.1) is 0 Å². The summed E-state index contributed by atoms with van der Waals surface area (Å²) in [5, 5.41) is 0. The van der Waals surface area contributed by atoms with Gasteiger partial charge < -0.3 is 14.2 Å². The van der Waals surface area contributed by atoms with Gasteiger partial charge in [0, 0.05) is 5.56 Å². The Labute approximate surface area is 200 Å². The number of aliphatic imine (C=N–C) groups is 1. The summed E-state index contributed by atoms with van der Waals surface area (Å²) in [5.41, 5.74) is 4.11. The van der Waals surface area contributed by atoms with Crippen LogP contribution < -0.4 is 9.47 Å². The molecule has 0 bridgehead atoms. The smallest absolute Gasteiger partial charge is 0.363 e. The van der Waals surface area contributed by atoms with Gasteiger partial charge in [0.25, 0.3) is 0 Å². The van der Waals surface area contributed by atoms with Crippen molar-refractivity contribution in [3.8, 4) is 11.5 Å². The first-order valence-corrected chi connectivity index (χ1v) is 11.4. The summed E-state index contributed by atoms with van der Waals surface area (Å²) in [5.74, 6) is 1.09. The van der Waals surface area contributed by atoms with E-state index in [0.29, 0.717) is 30.6 Å². The molecule has 0 saturated carbocycles. The zero-order chi connectivity index (χ0) is 24.1. The molecule has 0 saturated heterocycles. The van der Waals surface area contributed by atoms with E-state index in [0.717, 1.165) is 16.7 Å². The SMILES string of the molecule is CCOc1cc(/C=C2\N=C(c3ccc(C(C)(C)C)cc3)OC2=O)ccc1OCc1ccccc1. The van der Waals surface area contributed by atoms with E-state index in [1.807, 2.05) is 79.7 Å². The second kappa shape index (κ2) is 9.96. The van der Waals surface area contributed by atoms with Gasteiger partial charge in [-0.2, -0.15) is 0 Å². The van der Waals surface area contributed by atoms with E-state index in [1.165, 1.54) is 5.56 Å². The van der Waals surface area contributed by atoms with Crippen LogP contribution in [0.3, 0.4) is 0 Å². The van der Waals surface area contributed by atoms with Crippen LogP contribution in [0.25, 0.3) is 6.08 Å². The minimum atomic E-state index is -0.475. The molecule has 1 aliphatic rings. The third-order valence-electron chi connectivity index (χ3n) is 5.43. The van der Waals surface area contributed by atoms with Gasteiger partial charge in [-0.05, 0) is 59.4 Å². The van der Waals surface area contributed by atoms with Gasteiger partial charge in [0.15, 0.2) is 17.2 Å². The van der Waals surface area contributed by atoms with Crippen LogP contribution in [0.15, 0.2) is 83.5 Å². The second-order valence-corrected chi connectivity index (χ2v) is 9.08. The Morgan fingerprint density at radius 1 is 0.912 bits per heavy atom. The number of ether oxygens (including phenoxy) is 3. The van der Waals surface area contributed by atoms with Crippen molar-refractivity contribution in [3.05, 3.63) is 101 Å². The highest BCUT2D eigenvalue weighted by molar-refractivity contribution is 6.12. The molecule has 0 atom stereocenters. The molecule has 5 heteroatoms. The van der Waals surface area contributed by atoms with Gasteiger partial charge in [0.05, 0.1) is 6.61 Å². The highest BCUT2D eigenvalue weighted by atomic mass is 16.6. The van der Waals surface area contributed by atoms with Crippen LogP contribution in [0.2, 0.25) is 0 Å². The molecule has 0 aromatic heterocycles. The fourth-order valence-corrected chi connectivity index (χ4v) is 3.54. The van der Waals surface area contributed by atoms with Crippen molar-refractivity contribution in [3.63, 3.8) is 0 Å². The monoisotopic (exact) mass is 455 g/mol. The van der Waals surface area contributed by atoms with E-state index in [9.17, 15) is 4.79 Å². The quantitative estimate of drug-likeness (QED) is 0.310. The van der Waals surface area contributed by atoms with E-state index in [2.05, 4.69) is 25.8 Å². The van der Waals surface area contributed by atoms with Crippen LogP contribution in [0.4, 0.5) is 0 Å². The molecular weight excluding hydrogens is 426 g/mol. The molecule has 0 amide bonds. The Bertz CT molecular complexity index is 1220. The van der Waals surface area contributed by atoms with E-state index in [4.69, 9.17) is 14.2 Å². The predicted molar refractivity (Wildman–Crippen MR) is 134 cm³/mol. The molecule has 0 N–H and O–H groups in total. The zero-order valence-corrected chi connectivity index (χ0v) is 20.0. The maximum Gasteiger partial charge on any atom is 0.363 e. The fourth-order valence-electron chi connectivity index (χ4n) is 3.54. The van der Waals surface area contributed by atoms with Gasteiger partial charge in [-0.25, -0.2) is 9.79 Å². The summed E-state index contributed by atoms with van der Waals surface area (Å²) in [7, 11) is 0. The molecule has 0 unspecified atom stereocenters. The van der Waals surface area contributed by atoms with Gasteiger partial charge in [-0.3, -0.25) is 0 Å². The van der Waals surface area contributed by atoms with Gasteiger partial charge in [0.1, 0.15) is 6.61 Å². The Hall–Kier alpha value is -3.86. The molecule has 34 heavy (non-hydrogen) atoms. The van der Waals surface area contributed by atoms with Crippen LogP contribution in [-0.2, 0) is 21.6 Å². The summed E-state index contributed by atoms with van der Waals surface area (Å²) >= 11 is 0. The number of hydrogen-bond acceptors (Lipinski definition) is 5. The summed E-state index contributed by atoms with van der Waals surface area (Å²) in [6.07, 6.45) is 1.70. The van der Waals surface area contributed by atoms with E-state index >= 15 is 0 Å². The topological polar surface area (TPSA) is 57.1 Å². The van der Waals surface area contributed by atoms with Gasteiger partial charge >= 0.3 is 5.97 Å². The number of benzene rings is 3. The zero-order valence-electron chi connectivity index (χ0n) is 20.0. The van der Waals surface area contributed by atoms with Crippen LogP contribution in [-0.4, -0.2) is 18.5 Å². The molecule has 3 aromatic carbocycles. The Balaban J connectivity index is 1.54. The second-order valence-electron chi connectivity index (χ2n) is 9.08. The lowest BCUT2D eigenvalue weighted by molar-refractivity contribution is -0.129. The van der Waals surface area contributed by atoms with Crippen LogP contribution >= 0.6 is 0 Å². The van der Waals surface area contributed by atoms with Gasteiger partial charge in [0.2, 0.25) is 5.90 Å². The normalized spacial score (nSPS) is 14.6. The maximum atomic E-state index is 12.5. The minimum absolute atomic E-state index is 0.0486. The third-order valence-corrected chi connectivity index (χ3v) is 5.43. The lowest BCUT2D eigenvalue weighted by Crippen LogP contribution is -2.11. The maximum absolute atomic E-state index is 12.5. The van der Waals surface area contributed by atoms with Crippen LogP contribution in [0, 0.1) is 0 Å². The molecule has 0 spiro atoms. The van der Waals surface area contributed by atoms with Crippen molar-refractivity contribution in [2.24, 2.45) is 4.99 Å². The number of carbonyl (C=O) groups is 1. The average molecular weight is 456 g/mol. The molecule has 0 fully saturated rings. The summed E-state index contributed by atoms with van der Waals surface area (Å²) in [6, 6.07) is 23.4. The molecule has 0 radical (unpaired) electrons. The van der Waals surface area contributed by atoms with Crippen molar-refractivity contribution in [1.82, 2.24) is 0 Å². The number of rotatable bonds is 7. The molecule has 4 rings (SSSR count). The number of cyclic esters (lactones) is 1. The standard InChI is InChI=1S/C29H29NO4/c1-5-32-26-18-21(11-16-25(26)33-19-20-9-7-6-8-10-20)17-24-28(31)34-27(30-24)22-12-14-23(15-13-22)29(2,3)4/h6-18H,5,19H2,1-4H3/b24-17-. The van der Waals surface area contributed by atoms with E-state index in [-0.39, 0.29) is 11.1 Å². The molecule has 0 aliphatic carbocycles. The molecule has 1 aliphatic heterocycles. The Morgan fingerprint density at radius 2 is 1.65 bits per heavy atom. The number of nitrogens with zero attached hydrogens (tertiary/aromatic N) is 1. The largest absolute Gasteiger partial charge is 0.490 e. The van der Waals surface area contributed by atoms with Crippen molar-refractivity contribution < 1.29 is 19.0 Å². The third kappa shape index (κ3) is 5.54. The number of carbonyl (C=O) groups excluding carboxylic acids is 1. The first-order valence-electron chi connectivity index (χ1n) is 11.4. The van der Waals surface area contributed by atoms with Gasteiger partial charge in [-0.1, -0.05) is 69.3 Å². The van der Waals surface area contributed by atoms with Crippen molar-refractivity contribution in [2.75, 3.05) is 6.61 Å². The minimum Gasteiger partial charge on any atom is -0.490 e. The highest BCUT2D eigenvalue weighted by Gasteiger charge is 2.25. The lowest BCUT2D eigenvalue weighted by Gasteiger charge is -2.18. The molecule has 174 valence electrons. The number of esters is 1. The average Bonchev–Trinajstić information content (AvgIpc) is 3.19. The fraction of sp³-hybridized carbons (Fsp3) is 0.241. The van der Waals surface area contributed by atoms with E-state index in [1.54, 1.807) is 6.08 Å². The molecular formula is C29H29NO4. The van der Waals surface area contributed by atoms with Crippen molar-refractivity contribution in [1.29, 1.82) is 0 Å². The summed E-state index contributed by atoms with van der Waals surface area (Å²) in [6.45, 7) is 9.33. The van der Waals surface area contributed by atoms with Crippen LogP contribution in [0.1, 0.15) is 49.9 Å². The Morgan fingerprint density at radius 3 is 2.32 bits per heavy atom. The number of hydrogen-bond donors (Lipinski definition) is 0. The highest BCUT2D eigenvalue weighted by Crippen LogP contribution is 2.31. The summed E-state index contributed by atoms with van der Waals surface area (Å²) < 4.78 is 17.2. The first kappa shape index (κ1) is 23.3. The lowest BCUT2D eigenvalue weighted by atomic mass is 9.87. The summed E-state index contributed by atoms with van der Waals surface area (Å²) in [4.78, 5) is 16.9. The predicted octanol–water partition coefficient (Wildman–Crippen LogP) is 6.31. The van der Waals surface area contributed by atoms with Crippen molar-refractivity contribution in [2.45, 2.75) is 39.7 Å². The molecule has 1 heterocycles. The first-order chi connectivity index (χ1) is 16.3. The van der Waals surface area contributed by atoms with E-state index < -0.39 is 5.97 Å². The molecule has 3 aromatic rings. The van der Waals surface area contributed by atoms with Crippen molar-refractivity contribution >= 4 is 17.9 Å². The Kier molecular flexibility index (Phi) is 6.82.